The SMILES string of the molecule is Cc1ccc(S(=O)(=O)N/N=C(/c2ccccc2)c2ccccn2)cc1. The zero-order chi connectivity index (χ0) is 17.7. The number of sulfonamides is 1. The molecule has 0 aliphatic carbocycles. The van der Waals surface area contributed by atoms with Crippen LogP contribution in [0.1, 0.15) is 16.8 Å². The van der Waals surface area contributed by atoms with Gasteiger partial charge in [-0.2, -0.15) is 18.4 Å². The van der Waals surface area contributed by atoms with Crippen LogP contribution in [0.25, 0.3) is 0 Å². The molecule has 126 valence electrons. The third-order valence-electron chi connectivity index (χ3n) is 3.56. The van der Waals surface area contributed by atoms with Gasteiger partial charge in [0, 0.05) is 11.8 Å². The van der Waals surface area contributed by atoms with Crippen LogP contribution in [-0.4, -0.2) is 19.1 Å². The summed E-state index contributed by atoms with van der Waals surface area (Å²) in [5.74, 6) is 0. The van der Waals surface area contributed by atoms with Crippen LogP contribution >= 0.6 is 0 Å². The lowest BCUT2D eigenvalue weighted by atomic mass is 10.1. The van der Waals surface area contributed by atoms with Crippen LogP contribution in [0.3, 0.4) is 0 Å². The van der Waals surface area contributed by atoms with Gasteiger partial charge in [-0.3, -0.25) is 4.98 Å². The Hall–Kier alpha value is -2.99. The first-order valence-electron chi connectivity index (χ1n) is 7.69. The first kappa shape index (κ1) is 16.9. The summed E-state index contributed by atoms with van der Waals surface area (Å²) < 4.78 is 24.9. The predicted octanol–water partition coefficient (Wildman–Crippen LogP) is 3.12. The summed E-state index contributed by atoms with van der Waals surface area (Å²) in [7, 11) is -3.75. The number of hydrazone groups is 1. The van der Waals surface area contributed by atoms with Gasteiger partial charge >= 0.3 is 0 Å². The third kappa shape index (κ3) is 4.10. The number of hydrogen-bond donors (Lipinski definition) is 1. The molecule has 3 rings (SSSR count). The molecule has 3 aromatic rings. The van der Waals surface area contributed by atoms with E-state index in [0.29, 0.717) is 11.4 Å². The second kappa shape index (κ2) is 7.27. The molecule has 0 aliphatic rings. The van der Waals surface area contributed by atoms with Crippen LogP contribution in [0.5, 0.6) is 0 Å². The smallest absolute Gasteiger partial charge is 0.255 e. The minimum absolute atomic E-state index is 0.162. The Labute approximate surface area is 147 Å². The van der Waals surface area contributed by atoms with Gasteiger partial charge in [-0.15, -0.1) is 0 Å². The Morgan fingerprint density at radius 1 is 0.920 bits per heavy atom. The van der Waals surface area contributed by atoms with E-state index in [1.54, 1.807) is 42.6 Å². The molecule has 0 spiro atoms. The Balaban J connectivity index is 1.98. The molecule has 0 amide bonds. The molecule has 25 heavy (non-hydrogen) atoms. The topological polar surface area (TPSA) is 71.4 Å². The summed E-state index contributed by atoms with van der Waals surface area (Å²) in [5.41, 5.74) is 2.80. The summed E-state index contributed by atoms with van der Waals surface area (Å²) in [6.07, 6.45) is 1.64. The number of nitrogens with zero attached hydrogens (tertiary/aromatic N) is 2. The molecule has 0 atom stereocenters. The van der Waals surface area contributed by atoms with Crippen molar-refractivity contribution in [2.24, 2.45) is 5.10 Å². The van der Waals surface area contributed by atoms with E-state index < -0.39 is 10.0 Å². The van der Waals surface area contributed by atoms with Crippen molar-refractivity contribution in [1.82, 2.24) is 9.82 Å². The average molecular weight is 351 g/mol. The Morgan fingerprint density at radius 2 is 1.60 bits per heavy atom. The molecule has 1 heterocycles. The van der Waals surface area contributed by atoms with Crippen LogP contribution in [0.15, 0.2) is 89.0 Å². The molecule has 0 fully saturated rings. The van der Waals surface area contributed by atoms with Crippen LogP contribution in [0.4, 0.5) is 0 Å². The van der Waals surface area contributed by atoms with Crippen molar-refractivity contribution in [1.29, 1.82) is 0 Å². The molecule has 1 aromatic heterocycles. The molecular weight excluding hydrogens is 334 g/mol. The van der Waals surface area contributed by atoms with Crippen LogP contribution in [-0.2, 0) is 10.0 Å². The van der Waals surface area contributed by atoms with E-state index in [4.69, 9.17) is 0 Å². The fourth-order valence-electron chi connectivity index (χ4n) is 2.24. The fourth-order valence-corrected chi connectivity index (χ4v) is 3.06. The Bertz CT molecular complexity index is 927. The van der Waals surface area contributed by atoms with E-state index in [9.17, 15) is 8.42 Å². The lowest BCUT2D eigenvalue weighted by Crippen LogP contribution is -2.21. The van der Waals surface area contributed by atoms with Crippen LogP contribution < -0.4 is 4.83 Å². The molecule has 2 aromatic carbocycles. The first-order valence-corrected chi connectivity index (χ1v) is 9.17. The molecule has 5 nitrogen and oxygen atoms in total. The zero-order valence-corrected chi connectivity index (χ0v) is 14.4. The van der Waals surface area contributed by atoms with Crippen molar-refractivity contribution >= 4 is 15.7 Å². The van der Waals surface area contributed by atoms with Gasteiger partial charge in [0.2, 0.25) is 0 Å². The van der Waals surface area contributed by atoms with E-state index in [0.717, 1.165) is 11.1 Å². The minimum Gasteiger partial charge on any atom is -0.255 e. The van der Waals surface area contributed by atoms with E-state index in [-0.39, 0.29) is 4.90 Å². The van der Waals surface area contributed by atoms with Crippen molar-refractivity contribution in [2.45, 2.75) is 11.8 Å². The van der Waals surface area contributed by atoms with Crippen molar-refractivity contribution in [3.8, 4) is 0 Å². The number of hydrogen-bond acceptors (Lipinski definition) is 4. The van der Waals surface area contributed by atoms with E-state index >= 15 is 0 Å². The van der Waals surface area contributed by atoms with E-state index in [1.165, 1.54) is 0 Å². The number of benzene rings is 2. The summed E-state index contributed by atoms with van der Waals surface area (Å²) in [6.45, 7) is 1.90. The molecule has 0 saturated carbocycles. The van der Waals surface area contributed by atoms with Gasteiger partial charge in [0.25, 0.3) is 10.0 Å². The first-order chi connectivity index (χ1) is 12.1. The molecule has 0 radical (unpaired) electrons. The van der Waals surface area contributed by atoms with Gasteiger partial charge in [-0.05, 0) is 31.2 Å². The molecule has 6 heteroatoms. The summed E-state index contributed by atoms with van der Waals surface area (Å²) in [6, 6.07) is 21.3. The average Bonchev–Trinajstić information content (AvgIpc) is 2.64. The second-order valence-corrected chi connectivity index (χ2v) is 7.11. The maximum atomic E-state index is 12.5. The fraction of sp³-hybridized carbons (Fsp3) is 0.0526. The largest absolute Gasteiger partial charge is 0.276 e. The summed E-state index contributed by atoms with van der Waals surface area (Å²) in [5, 5.41) is 4.15. The molecule has 0 saturated heterocycles. The Kier molecular flexibility index (Phi) is 4.90. The number of aromatic nitrogens is 1. The quantitative estimate of drug-likeness (QED) is 0.567. The van der Waals surface area contributed by atoms with Gasteiger partial charge in [-0.1, -0.05) is 54.1 Å². The van der Waals surface area contributed by atoms with Gasteiger partial charge in [0.15, 0.2) is 0 Å². The zero-order valence-electron chi connectivity index (χ0n) is 13.6. The van der Waals surface area contributed by atoms with Gasteiger partial charge in [-0.25, -0.2) is 0 Å². The molecular formula is C19H17N3O2S. The molecule has 0 bridgehead atoms. The number of nitrogens with one attached hydrogen (secondary N) is 1. The number of pyridine rings is 1. The standard InChI is InChI=1S/C19H17N3O2S/c1-15-10-12-17(13-11-15)25(23,24)22-21-19(16-7-3-2-4-8-16)18-9-5-6-14-20-18/h2-14,22H,1H3/b21-19-. The minimum atomic E-state index is -3.75. The van der Waals surface area contributed by atoms with E-state index in [2.05, 4.69) is 14.9 Å². The van der Waals surface area contributed by atoms with Gasteiger partial charge in [0.05, 0.1) is 10.6 Å². The Morgan fingerprint density at radius 3 is 2.24 bits per heavy atom. The number of rotatable bonds is 5. The maximum Gasteiger partial charge on any atom is 0.276 e. The molecule has 1 N–H and O–H groups in total. The van der Waals surface area contributed by atoms with Gasteiger partial charge < -0.3 is 0 Å². The predicted molar refractivity (Wildman–Crippen MR) is 97.8 cm³/mol. The highest BCUT2D eigenvalue weighted by Gasteiger charge is 2.14. The third-order valence-corrected chi connectivity index (χ3v) is 4.79. The summed E-state index contributed by atoms with van der Waals surface area (Å²) >= 11 is 0. The van der Waals surface area contributed by atoms with Crippen molar-refractivity contribution in [3.05, 3.63) is 95.8 Å². The molecule has 0 aliphatic heterocycles. The normalized spacial score (nSPS) is 12.0. The van der Waals surface area contributed by atoms with Crippen molar-refractivity contribution < 1.29 is 8.42 Å². The highest BCUT2D eigenvalue weighted by molar-refractivity contribution is 7.89. The highest BCUT2D eigenvalue weighted by Crippen LogP contribution is 2.12. The van der Waals surface area contributed by atoms with E-state index in [1.807, 2.05) is 43.3 Å². The summed E-state index contributed by atoms with van der Waals surface area (Å²) in [4.78, 5) is 6.75. The van der Waals surface area contributed by atoms with Crippen molar-refractivity contribution in [3.63, 3.8) is 0 Å². The lowest BCUT2D eigenvalue weighted by molar-refractivity contribution is 0.584. The number of aryl methyl sites for hydroxylation is 1. The van der Waals surface area contributed by atoms with Crippen molar-refractivity contribution in [2.75, 3.05) is 0 Å². The lowest BCUT2D eigenvalue weighted by Gasteiger charge is -2.08. The van der Waals surface area contributed by atoms with Crippen LogP contribution in [0, 0.1) is 6.92 Å². The van der Waals surface area contributed by atoms with Gasteiger partial charge in [0.1, 0.15) is 5.71 Å². The second-order valence-electron chi connectivity index (χ2n) is 5.45. The highest BCUT2D eigenvalue weighted by atomic mass is 32.2. The maximum absolute atomic E-state index is 12.5. The monoisotopic (exact) mass is 351 g/mol. The van der Waals surface area contributed by atoms with Crippen LogP contribution in [0.2, 0.25) is 0 Å². The molecule has 0 unspecified atom stereocenters.